The van der Waals surface area contributed by atoms with Crippen LogP contribution in [0.3, 0.4) is 0 Å². The van der Waals surface area contributed by atoms with Gasteiger partial charge in [0.1, 0.15) is 5.82 Å². The second-order valence-electron chi connectivity index (χ2n) is 6.57. The van der Waals surface area contributed by atoms with Crippen LogP contribution < -0.4 is 5.73 Å². The van der Waals surface area contributed by atoms with Gasteiger partial charge in [0.15, 0.2) is 0 Å². The number of nitrogens with zero attached hydrogens (tertiary/aromatic N) is 4. The van der Waals surface area contributed by atoms with Crippen LogP contribution in [0.4, 0.5) is 0 Å². The molecule has 2 aromatic rings. The van der Waals surface area contributed by atoms with Crippen LogP contribution in [0.2, 0.25) is 5.02 Å². The van der Waals surface area contributed by atoms with Crippen molar-refractivity contribution in [2.75, 3.05) is 19.6 Å². The van der Waals surface area contributed by atoms with Crippen LogP contribution in [0.25, 0.3) is 5.69 Å². The molecule has 2 aliphatic rings. The summed E-state index contributed by atoms with van der Waals surface area (Å²) in [6.45, 7) is 2.02. The monoisotopic (exact) mass is 345 g/mol. The third-order valence-electron chi connectivity index (χ3n) is 4.75. The summed E-state index contributed by atoms with van der Waals surface area (Å²) in [5.41, 5.74) is 6.49. The van der Waals surface area contributed by atoms with E-state index in [0.29, 0.717) is 29.9 Å². The minimum absolute atomic E-state index is 0.112. The van der Waals surface area contributed by atoms with Gasteiger partial charge in [-0.2, -0.15) is 0 Å². The number of likely N-dealkylation sites (tertiary alicyclic amines) is 1. The molecule has 0 spiro atoms. The van der Waals surface area contributed by atoms with Gasteiger partial charge in [0.25, 0.3) is 5.91 Å². The van der Waals surface area contributed by atoms with Crippen molar-refractivity contribution >= 4 is 17.5 Å². The molecule has 1 unspecified atom stereocenters. The fraction of sp³-hybridized carbons (Fsp3) is 0.471. The lowest BCUT2D eigenvalue weighted by Crippen LogP contribution is -2.30. The average Bonchev–Trinajstić information content (AvgIpc) is 3.17. The van der Waals surface area contributed by atoms with E-state index >= 15 is 0 Å². The summed E-state index contributed by atoms with van der Waals surface area (Å²) in [5, 5.41) is 5.10. The zero-order valence-electron chi connectivity index (χ0n) is 13.4. The fourth-order valence-corrected chi connectivity index (χ4v) is 3.39. The molecule has 7 heteroatoms. The molecule has 0 bridgehead atoms. The SMILES string of the molecule is NCC1CCN(C(=O)c2nc(C3CC3)n(-c3ccccc3Cl)n2)C1. The van der Waals surface area contributed by atoms with E-state index < -0.39 is 0 Å². The van der Waals surface area contributed by atoms with E-state index in [1.165, 1.54) is 0 Å². The molecule has 126 valence electrons. The van der Waals surface area contributed by atoms with Crippen molar-refractivity contribution in [1.82, 2.24) is 19.7 Å². The minimum Gasteiger partial charge on any atom is -0.336 e. The molecule has 1 atom stereocenters. The highest BCUT2D eigenvalue weighted by molar-refractivity contribution is 6.32. The second kappa shape index (κ2) is 6.18. The molecule has 2 heterocycles. The molecule has 24 heavy (non-hydrogen) atoms. The van der Waals surface area contributed by atoms with Gasteiger partial charge in [0, 0.05) is 19.0 Å². The summed E-state index contributed by atoms with van der Waals surface area (Å²) in [5.74, 6) is 1.72. The van der Waals surface area contributed by atoms with Crippen LogP contribution in [0.1, 0.15) is 41.6 Å². The van der Waals surface area contributed by atoms with Crippen molar-refractivity contribution in [3.05, 3.63) is 40.9 Å². The number of halogens is 1. The van der Waals surface area contributed by atoms with Gasteiger partial charge in [-0.05, 0) is 43.9 Å². The molecule has 4 rings (SSSR count). The molecule has 2 N–H and O–H groups in total. The first-order chi connectivity index (χ1) is 11.7. The van der Waals surface area contributed by atoms with Gasteiger partial charge in [-0.25, -0.2) is 9.67 Å². The summed E-state index contributed by atoms with van der Waals surface area (Å²) < 4.78 is 1.74. The standard InChI is InChI=1S/C17H20ClN5O/c18-13-3-1-2-4-14(13)23-16(12-5-6-12)20-15(21-23)17(24)22-8-7-11(9-19)10-22/h1-4,11-12H,5-10,19H2. The number of rotatable bonds is 4. The molecule has 1 aromatic carbocycles. The Hall–Kier alpha value is -1.92. The second-order valence-corrected chi connectivity index (χ2v) is 6.98. The smallest absolute Gasteiger partial charge is 0.293 e. The molecule has 1 amide bonds. The zero-order valence-corrected chi connectivity index (χ0v) is 14.1. The minimum atomic E-state index is -0.112. The van der Waals surface area contributed by atoms with E-state index in [-0.39, 0.29) is 11.7 Å². The predicted octanol–water partition coefficient (Wildman–Crippen LogP) is 2.22. The van der Waals surface area contributed by atoms with Gasteiger partial charge >= 0.3 is 0 Å². The molecule has 1 aromatic heterocycles. The molecule has 1 aliphatic carbocycles. The number of nitrogens with two attached hydrogens (primary N) is 1. The number of aromatic nitrogens is 3. The highest BCUT2D eigenvalue weighted by Crippen LogP contribution is 2.40. The molecule has 6 nitrogen and oxygen atoms in total. The maximum Gasteiger partial charge on any atom is 0.293 e. The first kappa shape index (κ1) is 15.6. The van der Waals surface area contributed by atoms with Crippen molar-refractivity contribution in [3.63, 3.8) is 0 Å². The summed E-state index contributed by atoms with van der Waals surface area (Å²) in [6, 6.07) is 7.51. The number of carbonyl (C=O) groups excluding carboxylic acids is 1. The van der Waals surface area contributed by atoms with Crippen LogP contribution in [0, 0.1) is 5.92 Å². The first-order valence-corrected chi connectivity index (χ1v) is 8.76. The van der Waals surface area contributed by atoms with E-state index in [9.17, 15) is 4.79 Å². The molecule has 0 radical (unpaired) electrons. The van der Waals surface area contributed by atoms with E-state index in [1.54, 1.807) is 9.58 Å². The number of benzene rings is 1. The number of hydrogen-bond acceptors (Lipinski definition) is 4. The number of carbonyl (C=O) groups is 1. The number of hydrogen-bond donors (Lipinski definition) is 1. The summed E-state index contributed by atoms with van der Waals surface area (Å²) in [4.78, 5) is 19.1. The Kier molecular flexibility index (Phi) is 4.02. The largest absolute Gasteiger partial charge is 0.336 e. The summed E-state index contributed by atoms with van der Waals surface area (Å²) in [6.07, 6.45) is 3.11. The van der Waals surface area contributed by atoms with E-state index in [0.717, 1.165) is 37.3 Å². The van der Waals surface area contributed by atoms with Gasteiger partial charge in [-0.3, -0.25) is 4.79 Å². The van der Waals surface area contributed by atoms with Crippen molar-refractivity contribution in [3.8, 4) is 5.69 Å². The van der Waals surface area contributed by atoms with Gasteiger partial charge in [0.05, 0.1) is 10.7 Å². The Bertz CT molecular complexity index is 770. The highest BCUT2D eigenvalue weighted by Gasteiger charge is 2.34. The lowest BCUT2D eigenvalue weighted by molar-refractivity contribution is 0.0775. The normalized spacial score (nSPS) is 20.6. The Morgan fingerprint density at radius 3 is 2.75 bits per heavy atom. The average molecular weight is 346 g/mol. The van der Waals surface area contributed by atoms with E-state index in [1.807, 2.05) is 24.3 Å². The number of amides is 1. The van der Waals surface area contributed by atoms with Crippen LogP contribution in [-0.2, 0) is 0 Å². The highest BCUT2D eigenvalue weighted by atomic mass is 35.5. The van der Waals surface area contributed by atoms with Crippen LogP contribution in [0.15, 0.2) is 24.3 Å². The Labute approximate surface area is 145 Å². The Morgan fingerprint density at radius 1 is 1.29 bits per heavy atom. The summed E-state index contributed by atoms with van der Waals surface area (Å²) in [7, 11) is 0. The van der Waals surface area contributed by atoms with Gasteiger partial charge in [0.2, 0.25) is 5.82 Å². The molecule has 1 aliphatic heterocycles. The Morgan fingerprint density at radius 2 is 2.08 bits per heavy atom. The van der Waals surface area contributed by atoms with E-state index in [4.69, 9.17) is 17.3 Å². The van der Waals surface area contributed by atoms with Crippen molar-refractivity contribution in [1.29, 1.82) is 0 Å². The zero-order chi connectivity index (χ0) is 16.7. The number of para-hydroxylation sites is 1. The molecule has 1 saturated carbocycles. The van der Waals surface area contributed by atoms with Gasteiger partial charge in [-0.1, -0.05) is 23.7 Å². The quantitative estimate of drug-likeness (QED) is 0.921. The summed E-state index contributed by atoms with van der Waals surface area (Å²) >= 11 is 6.31. The predicted molar refractivity (Wildman–Crippen MR) is 91.4 cm³/mol. The first-order valence-electron chi connectivity index (χ1n) is 8.38. The molecular weight excluding hydrogens is 326 g/mol. The molecule has 1 saturated heterocycles. The third-order valence-corrected chi connectivity index (χ3v) is 5.07. The van der Waals surface area contributed by atoms with Crippen molar-refractivity contribution < 1.29 is 4.79 Å². The molecule has 2 fully saturated rings. The lowest BCUT2D eigenvalue weighted by atomic mass is 10.1. The topological polar surface area (TPSA) is 77.0 Å². The van der Waals surface area contributed by atoms with Crippen LogP contribution in [0.5, 0.6) is 0 Å². The van der Waals surface area contributed by atoms with Crippen LogP contribution >= 0.6 is 11.6 Å². The third kappa shape index (κ3) is 2.80. The maximum absolute atomic E-state index is 12.7. The Balaban J connectivity index is 1.67. The maximum atomic E-state index is 12.7. The molecular formula is C17H20ClN5O. The van der Waals surface area contributed by atoms with Crippen LogP contribution in [-0.4, -0.2) is 45.2 Å². The van der Waals surface area contributed by atoms with E-state index in [2.05, 4.69) is 10.1 Å². The van der Waals surface area contributed by atoms with Gasteiger partial charge < -0.3 is 10.6 Å². The van der Waals surface area contributed by atoms with Crippen molar-refractivity contribution in [2.45, 2.75) is 25.2 Å². The fourth-order valence-electron chi connectivity index (χ4n) is 3.17. The van der Waals surface area contributed by atoms with Gasteiger partial charge in [-0.15, -0.1) is 5.10 Å². The lowest BCUT2D eigenvalue weighted by Gasteiger charge is -2.13. The van der Waals surface area contributed by atoms with Crippen molar-refractivity contribution in [2.24, 2.45) is 11.7 Å².